The van der Waals surface area contributed by atoms with Crippen molar-refractivity contribution in [2.45, 2.75) is 19.1 Å². The second-order valence-corrected chi connectivity index (χ2v) is 6.47. The van der Waals surface area contributed by atoms with Crippen molar-refractivity contribution in [1.29, 1.82) is 0 Å². The third-order valence-corrected chi connectivity index (χ3v) is 4.44. The Hall–Kier alpha value is -2.38. The van der Waals surface area contributed by atoms with Gasteiger partial charge in [-0.2, -0.15) is 13.2 Å². The van der Waals surface area contributed by atoms with Crippen LogP contribution in [0.15, 0.2) is 48.5 Å². The van der Waals surface area contributed by atoms with E-state index in [9.17, 15) is 18.0 Å². The van der Waals surface area contributed by atoms with Gasteiger partial charge in [0.05, 0.1) is 25.2 Å². The van der Waals surface area contributed by atoms with Crippen LogP contribution in [0.1, 0.15) is 16.7 Å². The Bertz CT molecular complexity index is 770. The molecule has 7 heteroatoms. The first kappa shape index (κ1) is 19.4. The number of hydrogen-bond acceptors (Lipinski definition) is 3. The van der Waals surface area contributed by atoms with Gasteiger partial charge in [-0.25, -0.2) is 0 Å². The van der Waals surface area contributed by atoms with Crippen molar-refractivity contribution >= 4 is 11.6 Å². The quantitative estimate of drug-likeness (QED) is 0.862. The molecule has 1 aliphatic rings. The molecule has 0 aliphatic carbocycles. The Morgan fingerprint density at radius 2 is 1.70 bits per heavy atom. The summed E-state index contributed by atoms with van der Waals surface area (Å²) in [6.45, 7) is 3.78. The van der Waals surface area contributed by atoms with Gasteiger partial charge in [0, 0.05) is 25.3 Å². The fourth-order valence-electron chi connectivity index (χ4n) is 2.97. The molecule has 0 unspecified atom stereocenters. The van der Waals surface area contributed by atoms with Crippen LogP contribution in [0.3, 0.4) is 0 Å². The highest BCUT2D eigenvalue weighted by Crippen LogP contribution is 2.29. The number of nitrogens with one attached hydrogen (secondary N) is 1. The number of benzene rings is 2. The first-order valence-corrected chi connectivity index (χ1v) is 8.76. The zero-order valence-electron chi connectivity index (χ0n) is 14.8. The van der Waals surface area contributed by atoms with Gasteiger partial charge in [-0.05, 0) is 29.3 Å². The molecule has 1 aliphatic heterocycles. The lowest BCUT2D eigenvalue weighted by Gasteiger charge is -2.27. The summed E-state index contributed by atoms with van der Waals surface area (Å²) >= 11 is 0. The van der Waals surface area contributed by atoms with Crippen molar-refractivity contribution in [1.82, 2.24) is 4.90 Å². The van der Waals surface area contributed by atoms with E-state index in [2.05, 4.69) is 10.2 Å². The summed E-state index contributed by atoms with van der Waals surface area (Å²) in [7, 11) is 0. The number of morpholine rings is 1. The number of para-hydroxylation sites is 1. The number of carbonyl (C=O) groups excluding carboxylic acids is 1. The van der Waals surface area contributed by atoms with Gasteiger partial charge in [0.1, 0.15) is 0 Å². The maximum Gasteiger partial charge on any atom is 0.416 e. The Labute approximate surface area is 155 Å². The largest absolute Gasteiger partial charge is 0.416 e. The van der Waals surface area contributed by atoms with Crippen molar-refractivity contribution < 1.29 is 22.7 Å². The Morgan fingerprint density at radius 1 is 1.04 bits per heavy atom. The van der Waals surface area contributed by atoms with E-state index in [1.54, 1.807) is 0 Å². The van der Waals surface area contributed by atoms with Crippen LogP contribution in [0.4, 0.5) is 18.9 Å². The smallest absolute Gasteiger partial charge is 0.379 e. The van der Waals surface area contributed by atoms with E-state index >= 15 is 0 Å². The number of ether oxygens (including phenoxy) is 1. The number of hydrogen-bond donors (Lipinski definition) is 1. The minimum atomic E-state index is -4.38. The average molecular weight is 378 g/mol. The van der Waals surface area contributed by atoms with Crippen LogP contribution in [0.2, 0.25) is 0 Å². The Balaban J connectivity index is 1.62. The summed E-state index contributed by atoms with van der Waals surface area (Å²) in [5, 5.41) is 2.87. The summed E-state index contributed by atoms with van der Waals surface area (Å²) in [6, 6.07) is 12.2. The summed E-state index contributed by atoms with van der Waals surface area (Å²) in [4.78, 5) is 14.6. The third kappa shape index (κ3) is 5.55. The number of rotatable bonds is 5. The van der Waals surface area contributed by atoms with Crippen LogP contribution in [0, 0.1) is 0 Å². The number of alkyl halides is 3. The fourth-order valence-corrected chi connectivity index (χ4v) is 2.97. The van der Waals surface area contributed by atoms with Crippen LogP contribution < -0.4 is 5.32 Å². The molecule has 1 amide bonds. The maximum atomic E-state index is 12.6. The molecule has 1 heterocycles. The van der Waals surface area contributed by atoms with Gasteiger partial charge < -0.3 is 10.1 Å². The number of halogens is 3. The first-order valence-electron chi connectivity index (χ1n) is 8.76. The highest BCUT2D eigenvalue weighted by molar-refractivity contribution is 5.93. The molecule has 3 rings (SSSR count). The van der Waals surface area contributed by atoms with Gasteiger partial charge in [0.2, 0.25) is 5.91 Å². The van der Waals surface area contributed by atoms with E-state index < -0.39 is 11.7 Å². The minimum Gasteiger partial charge on any atom is -0.379 e. The van der Waals surface area contributed by atoms with Crippen molar-refractivity contribution in [2.75, 3.05) is 31.6 Å². The summed E-state index contributed by atoms with van der Waals surface area (Å²) in [5.41, 5.74) is 1.54. The summed E-state index contributed by atoms with van der Waals surface area (Å²) in [6.07, 6.45) is -4.36. The standard InChI is InChI=1S/C20H21F3N2O2/c21-20(22,23)17-7-5-15(6-8-17)13-19(26)24-18-4-2-1-3-16(18)14-25-9-11-27-12-10-25/h1-8H,9-14H2,(H,24,26). The molecule has 0 aromatic heterocycles. The lowest BCUT2D eigenvalue weighted by molar-refractivity contribution is -0.137. The zero-order chi connectivity index (χ0) is 19.3. The van der Waals surface area contributed by atoms with Crippen molar-refractivity contribution in [3.8, 4) is 0 Å². The monoisotopic (exact) mass is 378 g/mol. The van der Waals surface area contributed by atoms with Crippen LogP contribution >= 0.6 is 0 Å². The highest BCUT2D eigenvalue weighted by Gasteiger charge is 2.30. The highest BCUT2D eigenvalue weighted by atomic mass is 19.4. The molecule has 0 saturated carbocycles. The van der Waals surface area contributed by atoms with Gasteiger partial charge in [0.25, 0.3) is 0 Å². The van der Waals surface area contributed by atoms with Crippen LogP contribution in [-0.4, -0.2) is 37.1 Å². The molecule has 144 valence electrons. The van der Waals surface area contributed by atoms with Gasteiger partial charge in [0.15, 0.2) is 0 Å². The fraction of sp³-hybridized carbons (Fsp3) is 0.350. The molecule has 0 bridgehead atoms. The topological polar surface area (TPSA) is 41.6 Å². The third-order valence-electron chi connectivity index (χ3n) is 4.44. The molecule has 0 atom stereocenters. The SMILES string of the molecule is O=C(Cc1ccc(C(F)(F)F)cc1)Nc1ccccc1CN1CCOCC1. The second kappa shape index (κ2) is 8.54. The molecular formula is C20H21F3N2O2. The lowest BCUT2D eigenvalue weighted by atomic mass is 10.1. The van der Waals surface area contributed by atoms with Crippen LogP contribution in [-0.2, 0) is 28.7 Å². The molecule has 0 spiro atoms. The first-order chi connectivity index (χ1) is 12.9. The van der Waals surface area contributed by atoms with Crippen molar-refractivity contribution in [3.63, 3.8) is 0 Å². The van der Waals surface area contributed by atoms with E-state index in [1.807, 2.05) is 24.3 Å². The van der Waals surface area contributed by atoms with E-state index in [4.69, 9.17) is 4.74 Å². The molecule has 27 heavy (non-hydrogen) atoms. The van der Waals surface area contributed by atoms with Crippen molar-refractivity contribution in [3.05, 3.63) is 65.2 Å². The normalized spacial score (nSPS) is 15.5. The maximum absolute atomic E-state index is 12.6. The van der Waals surface area contributed by atoms with Gasteiger partial charge in [-0.3, -0.25) is 9.69 Å². The van der Waals surface area contributed by atoms with Crippen molar-refractivity contribution in [2.24, 2.45) is 0 Å². The summed E-state index contributed by atoms with van der Waals surface area (Å²) in [5.74, 6) is -0.260. The van der Waals surface area contributed by atoms with Gasteiger partial charge in [-0.1, -0.05) is 30.3 Å². The lowest BCUT2D eigenvalue weighted by Crippen LogP contribution is -2.35. The molecule has 4 nitrogen and oxygen atoms in total. The Morgan fingerprint density at radius 3 is 2.37 bits per heavy atom. The molecule has 1 N–H and O–H groups in total. The van der Waals surface area contributed by atoms with Crippen LogP contribution in [0.25, 0.3) is 0 Å². The van der Waals surface area contributed by atoms with Gasteiger partial charge >= 0.3 is 6.18 Å². The van der Waals surface area contributed by atoms with E-state index in [0.29, 0.717) is 25.3 Å². The number of anilines is 1. The molecule has 1 saturated heterocycles. The molecule has 2 aromatic rings. The second-order valence-electron chi connectivity index (χ2n) is 6.47. The van der Waals surface area contributed by atoms with E-state index in [0.717, 1.165) is 36.5 Å². The number of nitrogens with zero attached hydrogens (tertiary/aromatic N) is 1. The molecule has 0 radical (unpaired) electrons. The van der Waals surface area contributed by atoms with Crippen LogP contribution in [0.5, 0.6) is 0 Å². The molecule has 1 fully saturated rings. The molecular weight excluding hydrogens is 357 g/mol. The average Bonchev–Trinajstić information content (AvgIpc) is 2.64. The minimum absolute atomic E-state index is 0.0179. The number of carbonyl (C=O) groups is 1. The predicted molar refractivity (Wildman–Crippen MR) is 96.3 cm³/mol. The zero-order valence-corrected chi connectivity index (χ0v) is 14.8. The predicted octanol–water partition coefficient (Wildman–Crippen LogP) is 3.72. The Kier molecular flexibility index (Phi) is 6.13. The summed E-state index contributed by atoms with van der Waals surface area (Å²) < 4.78 is 43.2. The number of amides is 1. The van der Waals surface area contributed by atoms with Gasteiger partial charge in [-0.15, -0.1) is 0 Å². The van der Waals surface area contributed by atoms with E-state index in [1.165, 1.54) is 12.1 Å². The van der Waals surface area contributed by atoms with E-state index in [-0.39, 0.29) is 12.3 Å². The molecule has 2 aromatic carbocycles.